The Morgan fingerprint density at radius 2 is 2.00 bits per heavy atom. The van der Waals surface area contributed by atoms with Crippen LogP contribution in [-0.2, 0) is 22.6 Å². The van der Waals surface area contributed by atoms with Crippen molar-refractivity contribution >= 4 is 29.5 Å². The highest BCUT2D eigenvalue weighted by atomic mass is 32.2. The number of benzene rings is 2. The third kappa shape index (κ3) is 5.02. The number of nitrogens with zero attached hydrogens (tertiary/aromatic N) is 1. The molecule has 1 heterocycles. The first kappa shape index (κ1) is 21.9. The van der Waals surface area contributed by atoms with E-state index < -0.39 is 6.04 Å². The fourth-order valence-corrected chi connectivity index (χ4v) is 3.98. The Kier molecular flexibility index (Phi) is 7.52. The van der Waals surface area contributed by atoms with E-state index in [0.717, 1.165) is 16.9 Å². The van der Waals surface area contributed by atoms with Crippen molar-refractivity contribution in [1.82, 2.24) is 10.2 Å². The van der Waals surface area contributed by atoms with Gasteiger partial charge in [-0.1, -0.05) is 30.3 Å². The van der Waals surface area contributed by atoms with E-state index in [1.165, 1.54) is 0 Å². The van der Waals surface area contributed by atoms with Crippen LogP contribution in [0.1, 0.15) is 45.2 Å². The van der Waals surface area contributed by atoms with Gasteiger partial charge in [-0.15, -0.1) is 0 Å². The normalized spacial score (nSPS) is 13.7. The summed E-state index contributed by atoms with van der Waals surface area (Å²) in [4.78, 5) is 39.5. The molecule has 0 unspecified atom stereocenters. The zero-order valence-electron chi connectivity index (χ0n) is 17.2. The number of ether oxygens (including phenoxy) is 1. The molecule has 2 aromatic carbocycles. The van der Waals surface area contributed by atoms with Crippen LogP contribution in [0.4, 0.5) is 0 Å². The summed E-state index contributed by atoms with van der Waals surface area (Å²) in [6.45, 7) is 2.79. The maximum Gasteiger partial charge on any atom is 0.338 e. The predicted molar refractivity (Wildman–Crippen MR) is 117 cm³/mol. The van der Waals surface area contributed by atoms with Crippen LogP contribution in [-0.4, -0.2) is 47.3 Å². The molecule has 1 N–H and O–H groups in total. The Bertz CT molecular complexity index is 931. The first-order chi connectivity index (χ1) is 14.5. The summed E-state index contributed by atoms with van der Waals surface area (Å²) in [6.07, 6.45) is 2.56. The van der Waals surface area contributed by atoms with Crippen molar-refractivity contribution < 1.29 is 19.1 Å². The average molecular weight is 427 g/mol. The van der Waals surface area contributed by atoms with Crippen molar-refractivity contribution in [3.63, 3.8) is 0 Å². The summed E-state index contributed by atoms with van der Waals surface area (Å²) >= 11 is 1.65. The molecule has 0 saturated heterocycles. The molecule has 0 spiro atoms. The SMILES string of the molecule is CCOC(=O)c1cccc(CNC(=O)[C@H](CCSC)N2Cc3ccccc3C2=O)c1. The summed E-state index contributed by atoms with van der Waals surface area (Å²) in [7, 11) is 0. The second-order valence-corrected chi connectivity index (χ2v) is 8.01. The van der Waals surface area contributed by atoms with Crippen LogP contribution in [0.2, 0.25) is 0 Å². The molecule has 1 aliphatic heterocycles. The molecule has 3 rings (SSSR count). The molecule has 30 heavy (non-hydrogen) atoms. The van der Waals surface area contributed by atoms with E-state index in [-0.39, 0.29) is 24.3 Å². The van der Waals surface area contributed by atoms with Gasteiger partial charge < -0.3 is 15.0 Å². The number of carbonyl (C=O) groups is 3. The van der Waals surface area contributed by atoms with Gasteiger partial charge in [-0.2, -0.15) is 11.8 Å². The largest absolute Gasteiger partial charge is 0.462 e. The second-order valence-electron chi connectivity index (χ2n) is 7.03. The molecular formula is C23H26N2O4S. The van der Waals surface area contributed by atoms with Gasteiger partial charge >= 0.3 is 5.97 Å². The minimum absolute atomic E-state index is 0.101. The highest BCUT2D eigenvalue weighted by Gasteiger charge is 2.35. The van der Waals surface area contributed by atoms with Gasteiger partial charge in [0.1, 0.15) is 6.04 Å². The maximum absolute atomic E-state index is 13.0. The standard InChI is InChI=1S/C23H26N2O4S/c1-3-29-23(28)17-9-6-7-16(13-17)14-24-21(26)20(11-12-30-2)25-15-18-8-4-5-10-19(18)22(25)27/h4-10,13,20H,3,11-12,14-15H2,1-2H3,(H,24,26)/t20-/m0/s1. The highest BCUT2D eigenvalue weighted by molar-refractivity contribution is 7.98. The second kappa shape index (κ2) is 10.3. The van der Waals surface area contributed by atoms with Gasteiger partial charge in [-0.05, 0) is 54.7 Å². The number of thioether (sulfide) groups is 1. The number of nitrogens with one attached hydrogen (secondary N) is 1. The smallest absolute Gasteiger partial charge is 0.338 e. The molecule has 0 bridgehead atoms. The molecule has 2 amide bonds. The van der Waals surface area contributed by atoms with Crippen LogP contribution < -0.4 is 5.32 Å². The third-order valence-electron chi connectivity index (χ3n) is 5.03. The number of rotatable bonds is 9. The Hall–Kier alpha value is -2.80. The van der Waals surface area contributed by atoms with Crippen molar-refractivity contribution in [3.05, 3.63) is 70.8 Å². The van der Waals surface area contributed by atoms with Crippen LogP contribution in [0.5, 0.6) is 0 Å². The molecule has 7 heteroatoms. The minimum Gasteiger partial charge on any atom is -0.462 e. The van der Waals surface area contributed by atoms with E-state index in [4.69, 9.17) is 4.74 Å². The van der Waals surface area contributed by atoms with Crippen LogP contribution in [0.15, 0.2) is 48.5 Å². The Morgan fingerprint density at radius 3 is 2.73 bits per heavy atom. The van der Waals surface area contributed by atoms with Crippen molar-refractivity contribution in [1.29, 1.82) is 0 Å². The summed E-state index contributed by atoms with van der Waals surface area (Å²) in [6, 6.07) is 14.0. The van der Waals surface area contributed by atoms with Crippen LogP contribution in [0, 0.1) is 0 Å². The summed E-state index contributed by atoms with van der Waals surface area (Å²) in [5.74, 6) is 0.100. The van der Waals surface area contributed by atoms with E-state index in [1.54, 1.807) is 41.8 Å². The zero-order chi connectivity index (χ0) is 21.5. The van der Waals surface area contributed by atoms with E-state index in [1.807, 2.05) is 36.6 Å². The topological polar surface area (TPSA) is 75.7 Å². The van der Waals surface area contributed by atoms with Gasteiger partial charge in [0.15, 0.2) is 0 Å². The molecule has 158 valence electrons. The molecular weight excluding hydrogens is 400 g/mol. The van der Waals surface area contributed by atoms with Gasteiger partial charge in [0.25, 0.3) is 5.91 Å². The fraction of sp³-hybridized carbons (Fsp3) is 0.348. The van der Waals surface area contributed by atoms with Crippen molar-refractivity contribution in [2.75, 3.05) is 18.6 Å². The first-order valence-electron chi connectivity index (χ1n) is 9.96. The Balaban J connectivity index is 1.69. The van der Waals surface area contributed by atoms with E-state index in [0.29, 0.717) is 30.7 Å². The third-order valence-corrected chi connectivity index (χ3v) is 5.67. The van der Waals surface area contributed by atoms with Crippen molar-refractivity contribution in [3.8, 4) is 0 Å². The number of carbonyl (C=O) groups excluding carboxylic acids is 3. The molecule has 1 atom stereocenters. The molecule has 1 aliphatic rings. The summed E-state index contributed by atoms with van der Waals surface area (Å²) in [5.41, 5.74) is 2.87. The molecule has 0 aromatic heterocycles. The Morgan fingerprint density at radius 1 is 1.20 bits per heavy atom. The number of hydrogen-bond acceptors (Lipinski definition) is 5. The van der Waals surface area contributed by atoms with Crippen molar-refractivity contribution in [2.24, 2.45) is 0 Å². The lowest BCUT2D eigenvalue weighted by atomic mass is 10.1. The molecule has 0 radical (unpaired) electrons. The van der Waals surface area contributed by atoms with Gasteiger partial charge in [-0.25, -0.2) is 4.79 Å². The van der Waals surface area contributed by atoms with E-state index in [9.17, 15) is 14.4 Å². The lowest BCUT2D eigenvalue weighted by Gasteiger charge is -2.27. The van der Waals surface area contributed by atoms with Crippen LogP contribution in [0.25, 0.3) is 0 Å². The molecule has 0 aliphatic carbocycles. The number of fused-ring (bicyclic) bond motifs is 1. The first-order valence-corrected chi connectivity index (χ1v) is 11.4. The molecule has 2 aromatic rings. The molecule has 0 saturated carbocycles. The lowest BCUT2D eigenvalue weighted by Crippen LogP contribution is -2.47. The summed E-state index contributed by atoms with van der Waals surface area (Å²) < 4.78 is 5.03. The van der Waals surface area contributed by atoms with Gasteiger partial charge in [0.2, 0.25) is 5.91 Å². The predicted octanol–water partition coefficient (Wildman–Crippen LogP) is 3.26. The van der Waals surface area contributed by atoms with E-state index in [2.05, 4.69) is 5.32 Å². The van der Waals surface area contributed by atoms with Crippen molar-refractivity contribution in [2.45, 2.75) is 32.5 Å². The fourth-order valence-electron chi connectivity index (χ4n) is 3.52. The maximum atomic E-state index is 13.0. The number of hydrogen-bond donors (Lipinski definition) is 1. The number of amides is 2. The van der Waals surface area contributed by atoms with E-state index >= 15 is 0 Å². The van der Waals surface area contributed by atoms with Gasteiger partial charge in [0, 0.05) is 18.7 Å². The monoisotopic (exact) mass is 426 g/mol. The minimum atomic E-state index is -0.536. The quantitative estimate of drug-likeness (QED) is 0.623. The molecule has 6 nitrogen and oxygen atoms in total. The average Bonchev–Trinajstić information content (AvgIpc) is 3.09. The van der Waals surface area contributed by atoms with Gasteiger partial charge in [-0.3, -0.25) is 9.59 Å². The zero-order valence-corrected chi connectivity index (χ0v) is 18.0. The Labute approximate surface area is 181 Å². The molecule has 0 fully saturated rings. The lowest BCUT2D eigenvalue weighted by molar-refractivity contribution is -0.126. The number of esters is 1. The van der Waals surface area contributed by atoms with Gasteiger partial charge in [0.05, 0.1) is 12.2 Å². The summed E-state index contributed by atoms with van der Waals surface area (Å²) in [5, 5.41) is 2.94. The highest BCUT2D eigenvalue weighted by Crippen LogP contribution is 2.26. The van der Waals surface area contributed by atoms with Crippen LogP contribution in [0.3, 0.4) is 0 Å². The van der Waals surface area contributed by atoms with Crippen LogP contribution >= 0.6 is 11.8 Å².